The van der Waals surface area contributed by atoms with Crippen molar-refractivity contribution in [2.24, 2.45) is 0 Å². The lowest BCUT2D eigenvalue weighted by atomic mass is 10.1. The average molecular weight is 168 g/mol. The third kappa shape index (κ3) is 5.71. The Balaban J connectivity index is 4.01. The van der Waals surface area contributed by atoms with Gasteiger partial charge in [-0.15, -0.1) is 6.58 Å². The van der Waals surface area contributed by atoms with Gasteiger partial charge in [-0.3, -0.25) is 0 Å². The molecule has 2 heteroatoms. The minimum atomic E-state index is -0.845. The first kappa shape index (κ1) is 11.0. The summed E-state index contributed by atoms with van der Waals surface area (Å²) in [6.45, 7) is 5.64. The number of carboxylic acids is 1. The molecule has 0 aromatic rings. The minimum Gasteiger partial charge on any atom is -0.478 e. The fourth-order valence-electron chi connectivity index (χ4n) is 1.05. The molecule has 0 bridgehead atoms. The second-order valence-electron chi connectivity index (χ2n) is 2.72. The summed E-state index contributed by atoms with van der Waals surface area (Å²) in [6, 6.07) is 0. The predicted octanol–water partition coefficient (Wildman–Crippen LogP) is 2.76. The standard InChI is InChI=1S/C10H16O2/c1-3-5-7-9(6-4-2)8-10(11)12/h3,8H,1,4-7H2,2H3,(H,11,12)/b9-8+. The van der Waals surface area contributed by atoms with Gasteiger partial charge in [0.1, 0.15) is 0 Å². The van der Waals surface area contributed by atoms with Gasteiger partial charge in [0.05, 0.1) is 0 Å². The van der Waals surface area contributed by atoms with Gasteiger partial charge >= 0.3 is 5.97 Å². The molecule has 0 saturated heterocycles. The first-order valence-corrected chi connectivity index (χ1v) is 4.24. The molecule has 0 fully saturated rings. The van der Waals surface area contributed by atoms with E-state index in [4.69, 9.17) is 5.11 Å². The van der Waals surface area contributed by atoms with Gasteiger partial charge in [0.15, 0.2) is 0 Å². The van der Waals surface area contributed by atoms with Gasteiger partial charge in [-0.25, -0.2) is 4.79 Å². The van der Waals surface area contributed by atoms with Crippen LogP contribution >= 0.6 is 0 Å². The SMILES string of the molecule is C=CCC/C(=C/C(=O)O)CCC. The third-order valence-corrected chi connectivity index (χ3v) is 1.57. The van der Waals surface area contributed by atoms with Crippen LogP contribution < -0.4 is 0 Å². The normalized spacial score (nSPS) is 11.2. The molecule has 1 N–H and O–H groups in total. The van der Waals surface area contributed by atoms with Crippen molar-refractivity contribution in [2.45, 2.75) is 32.6 Å². The third-order valence-electron chi connectivity index (χ3n) is 1.57. The Labute approximate surface area is 73.6 Å². The van der Waals surface area contributed by atoms with Crippen LogP contribution in [0.3, 0.4) is 0 Å². The Morgan fingerprint density at radius 2 is 2.17 bits per heavy atom. The summed E-state index contributed by atoms with van der Waals surface area (Å²) in [5.74, 6) is -0.845. The second kappa shape index (κ2) is 6.65. The zero-order valence-electron chi connectivity index (χ0n) is 7.55. The lowest BCUT2D eigenvalue weighted by Crippen LogP contribution is -1.92. The molecule has 0 spiro atoms. The maximum Gasteiger partial charge on any atom is 0.328 e. The van der Waals surface area contributed by atoms with Gasteiger partial charge in [-0.2, -0.15) is 0 Å². The molecule has 0 unspecified atom stereocenters. The highest BCUT2D eigenvalue weighted by atomic mass is 16.4. The van der Waals surface area contributed by atoms with Crippen molar-refractivity contribution in [1.82, 2.24) is 0 Å². The molecule has 0 radical (unpaired) electrons. The lowest BCUT2D eigenvalue weighted by Gasteiger charge is -2.01. The van der Waals surface area contributed by atoms with E-state index in [-0.39, 0.29) is 0 Å². The molecule has 0 saturated carbocycles. The van der Waals surface area contributed by atoms with Crippen LogP contribution in [0.5, 0.6) is 0 Å². The zero-order chi connectivity index (χ0) is 9.40. The van der Waals surface area contributed by atoms with E-state index in [1.165, 1.54) is 6.08 Å². The number of carbonyl (C=O) groups is 1. The first-order chi connectivity index (χ1) is 5.70. The molecule has 0 amide bonds. The summed E-state index contributed by atoms with van der Waals surface area (Å²) < 4.78 is 0. The Morgan fingerprint density at radius 1 is 1.50 bits per heavy atom. The molecule has 0 aromatic heterocycles. The Hall–Kier alpha value is -1.05. The van der Waals surface area contributed by atoms with E-state index in [2.05, 4.69) is 6.58 Å². The van der Waals surface area contributed by atoms with Gasteiger partial charge < -0.3 is 5.11 Å². The summed E-state index contributed by atoms with van der Waals surface area (Å²) in [5.41, 5.74) is 1.00. The van der Waals surface area contributed by atoms with Gasteiger partial charge in [-0.1, -0.05) is 25.0 Å². The highest BCUT2D eigenvalue weighted by Crippen LogP contribution is 2.11. The van der Waals surface area contributed by atoms with Crippen molar-refractivity contribution in [3.63, 3.8) is 0 Å². The fourth-order valence-corrected chi connectivity index (χ4v) is 1.05. The number of aliphatic carboxylic acids is 1. The monoisotopic (exact) mass is 168 g/mol. The van der Waals surface area contributed by atoms with E-state index in [0.717, 1.165) is 31.3 Å². The topological polar surface area (TPSA) is 37.3 Å². The molecule has 12 heavy (non-hydrogen) atoms. The van der Waals surface area contributed by atoms with Crippen molar-refractivity contribution >= 4 is 5.97 Å². The Kier molecular flexibility index (Phi) is 6.07. The van der Waals surface area contributed by atoms with Crippen molar-refractivity contribution in [3.8, 4) is 0 Å². The van der Waals surface area contributed by atoms with E-state index >= 15 is 0 Å². The molecule has 0 aliphatic rings. The van der Waals surface area contributed by atoms with Crippen LogP contribution in [0.4, 0.5) is 0 Å². The van der Waals surface area contributed by atoms with Crippen LogP contribution in [-0.2, 0) is 4.79 Å². The molecular formula is C10H16O2. The van der Waals surface area contributed by atoms with Crippen molar-refractivity contribution < 1.29 is 9.90 Å². The highest BCUT2D eigenvalue weighted by molar-refractivity contribution is 5.80. The fraction of sp³-hybridized carbons (Fsp3) is 0.500. The Morgan fingerprint density at radius 3 is 2.58 bits per heavy atom. The first-order valence-electron chi connectivity index (χ1n) is 4.24. The van der Waals surface area contributed by atoms with Crippen LogP contribution in [0, 0.1) is 0 Å². The van der Waals surface area contributed by atoms with Crippen LogP contribution in [0.15, 0.2) is 24.3 Å². The average Bonchev–Trinajstić information content (AvgIpc) is 2.00. The molecule has 0 heterocycles. The summed E-state index contributed by atoms with van der Waals surface area (Å²) in [4.78, 5) is 10.3. The van der Waals surface area contributed by atoms with Gasteiger partial charge in [0.2, 0.25) is 0 Å². The second-order valence-corrected chi connectivity index (χ2v) is 2.72. The number of hydrogen-bond acceptors (Lipinski definition) is 1. The number of rotatable bonds is 6. The molecule has 0 aliphatic heterocycles. The highest BCUT2D eigenvalue weighted by Gasteiger charge is 1.98. The van der Waals surface area contributed by atoms with Crippen molar-refractivity contribution in [2.75, 3.05) is 0 Å². The maximum atomic E-state index is 10.3. The van der Waals surface area contributed by atoms with E-state index in [9.17, 15) is 4.79 Å². The molecular weight excluding hydrogens is 152 g/mol. The number of carboxylic acid groups (broad SMARTS) is 1. The molecule has 0 rings (SSSR count). The summed E-state index contributed by atoms with van der Waals surface area (Å²) >= 11 is 0. The van der Waals surface area contributed by atoms with Crippen molar-refractivity contribution in [3.05, 3.63) is 24.3 Å². The van der Waals surface area contributed by atoms with Crippen LogP contribution in [-0.4, -0.2) is 11.1 Å². The zero-order valence-corrected chi connectivity index (χ0v) is 7.55. The Bertz CT molecular complexity index is 180. The van der Waals surface area contributed by atoms with Crippen LogP contribution in [0.1, 0.15) is 32.6 Å². The smallest absolute Gasteiger partial charge is 0.328 e. The van der Waals surface area contributed by atoms with E-state index < -0.39 is 5.97 Å². The lowest BCUT2D eigenvalue weighted by molar-refractivity contribution is -0.131. The van der Waals surface area contributed by atoms with E-state index in [1.54, 1.807) is 0 Å². The summed E-state index contributed by atoms with van der Waals surface area (Å²) in [5, 5.41) is 8.51. The summed E-state index contributed by atoms with van der Waals surface area (Å²) in [6.07, 6.45) is 6.68. The van der Waals surface area contributed by atoms with E-state index in [1.807, 2.05) is 13.0 Å². The molecule has 0 aromatic carbocycles. The minimum absolute atomic E-state index is 0.823. The van der Waals surface area contributed by atoms with E-state index in [0.29, 0.717) is 0 Å². The number of allylic oxidation sites excluding steroid dienone is 2. The predicted molar refractivity (Wildman–Crippen MR) is 50.1 cm³/mol. The van der Waals surface area contributed by atoms with Gasteiger partial charge in [-0.05, 0) is 19.3 Å². The maximum absolute atomic E-state index is 10.3. The van der Waals surface area contributed by atoms with Gasteiger partial charge in [0.25, 0.3) is 0 Å². The molecule has 68 valence electrons. The number of hydrogen-bond donors (Lipinski definition) is 1. The van der Waals surface area contributed by atoms with Gasteiger partial charge in [0, 0.05) is 6.08 Å². The molecule has 0 atom stereocenters. The van der Waals surface area contributed by atoms with Crippen LogP contribution in [0.2, 0.25) is 0 Å². The van der Waals surface area contributed by atoms with Crippen molar-refractivity contribution in [1.29, 1.82) is 0 Å². The largest absolute Gasteiger partial charge is 0.478 e. The molecule has 0 aliphatic carbocycles. The summed E-state index contributed by atoms with van der Waals surface area (Å²) in [7, 11) is 0. The van der Waals surface area contributed by atoms with Crippen LogP contribution in [0.25, 0.3) is 0 Å². The quantitative estimate of drug-likeness (QED) is 0.489. The molecule has 2 nitrogen and oxygen atoms in total.